The quantitative estimate of drug-likeness (QED) is 0.391. The Hall–Kier alpha value is -1.39. The van der Waals surface area contributed by atoms with Gasteiger partial charge in [-0.1, -0.05) is 32.4 Å². The summed E-state index contributed by atoms with van der Waals surface area (Å²) in [7, 11) is 0. The summed E-state index contributed by atoms with van der Waals surface area (Å²) in [6, 6.07) is 7.29. The molecule has 0 bridgehead atoms. The maximum absolute atomic E-state index is 11.6. The number of carbonyl (C=O) groups excluding carboxylic acids is 1. The van der Waals surface area contributed by atoms with Crippen LogP contribution in [0.2, 0.25) is 0 Å². The van der Waals surface area contributed by atoms with Gasteiger partial charge in [0.05, 0.1) is 12.2 Å². The minimum absolute atomic E-state index is 0.252. The summed E-state index contributed by atoms with van der Waals surface area (Å²) in [6.07, 6.45) is 3.08. The molecule has 0 aliphatic rings. The van der Waals surface area contributed by atoms with Crippen molar-refractivity contribution in [3.8, 4) is 0 Å². The van der Waals surface area contributed by atoms with Gasteiger partial charge < -0.3 is 4.74 Å². The zero-order valence-corrected chi connectivity index (χ0v) is 11.7. The Morgan fingerprint density at radius 1 is 1.05 bits per heavy atom. The third-order valence-electron chi connectivity index (χ3n) is 2.69. The number of aryl methyl sites for hydroxylation is 1. The molecule has 0 fully saturated rings. The summed E-state index contributed by atoms with van der Waals surface area (Å²) in [6.45, 7) is 5.57. The molecule has 0 N–H and O–H groups in total. The topological polar surface area (TPSA) is 44.8 Å². The van der Waals surface area contributed by atoms with E-state index in [0.717, 1.165) is 19.3 Å². The highest BCUT2D eigenvalue weighted by atomic mass is 17.2. The highest BCUT2D eigenvalue weighted by molar-refractivity contribution is 5.88. The van der Waals surface area contributed by atoms with Crippen LogP contribution in [0, 0.1) is 0 Å². The fourth-order valence-electron chi connectivity index (χ4n) is 1.46. The van der Waals surface area contributed by atoms with E-state index in [0.29, 0.717) is 18.8 Å². The molecule has 0 radical (unpaired) electrons. The summed E-state index contributed by atoms with van der Waals surface area (Å²) in [5.74, 6) is -0.476. The fourth-order valence-corrected chi connectivity index (χ4v) is 1.46. The third kappa shape index (κ3) is 6.36. The first kappa shape index (κ1) is 15.7. The smallest absolute Gasteiger partial charge is 0.373 e. The molecule has 0 atom stereocenters. The highest BCUT2D eigenvalue weighted by Crippen LogP contribution is 2.06. The third-order valence-corrected chi connectivity index (χ3v) is 2.69. The van der Waals surface area contributed by atoms with Crippen LogP contribution in [-0.2, 0) is 20.9 Å². The molecule has 19 heavy (non-hydrogen) atoms. The van der Waals surface area contributed by atoms with Gasteiger partial charge in [-0.15, -0.1) is 0 Å². The molecule has 0 saturated heterocycles. The molecule has 0 heterocycles. The van der Waals surface area contributed by atoms with E-state index in [-0.39, 0.29) is 6.61 Å². The standard InChI is InChI=1S/C15H22O4/c1-3-5-10-17-11-12-18-19-15(16)14-8-6-13(4-2)7-9-14/h6-9H,3-5,10-12H2,1-2H3. The maximum Gasteiger partial charge on any atom is 0.373 e. The predicted octanol–water partition coefficient (Wildman–Crippen LogP) is 3.15. The van der Waals surface area contributed by atoms with E-state index in [1.54, 1.807) is 12.1 Å². The van der Waals surface area contributed by atoms with Gasteiger partial charge >= 0.3 is 5.97 Å². The molecule has 0 saturated carbocycles. The van der Waals surface area contributed by atoms with Crippen LogP contribution < -0.4 is 0 Å². The normalized spacial score (nSPS) is 10.4. The summed E-state index contributed by atoms with van der Waals surface area (Å²) >= 11 is 0. The van der Waals surface area contributed by atoms with Gasteiger partial charge in [0, 0.05) is 6.61 Å². The van der Waals surface area contributed by atoms with Crippen molar-refractivity contribution in [3.05, 3.63) is 35.4 Å². The molecule has 106 valence electrons. The van der Waals surface area contributed by atoms with Crippen molar-refractivity contribution in [1.82, 2.24) is 0 Å². The number of benzene rings is 1. The second kappa shape index (κ2) is 9.53. The van der Waals surface area contributed by atoms with Gasteiger partial charge in [0.2, 0.25) is 0 Å². The summed E-state index contributed by atoms with van der Waals surface area (Å²) < 4.78 is 5.28. The van der Waals surface area contributed by atoms with Gasteiger partial charge in [0.15, 0.2) is 0 Å². The van der Waals surface area contributed by atoms with Crippen molar-refractivity contribution in [2.24, 2.45) is 0 Å². The molecule has 0 spiro atoms. The number of hydrogen-bond donors (Lipinski definition) is 0. The second-order valence-electron chi connectivity index (χ2n) is 4.21. The Balaban J connectivity index is 2.16. The van der Waals surface area contributed by atoms with Crippen LogP contribution in [0.4, 0.5) is 0 Å². The van der Waals surface area contributed by atoms with E-state index in [9.17, 15) is 4.79 Å². The monoisotopic (exact) mass is 266 g/mol. The van der Waals surface area contributed by atoms with Crippen LogP contribution >= 0.6 is 0 Å². The van der Waals surface area contributed by atoms with Crippen LogP contribution in [0.15, 0.2) is 24.3 Å². The number of rotatable bonds is 9. The Bertz CT molecular complexity index is 359. The van der Waals surface area contributed by atoms with E-state index in [1.165, 1.54) is 5.56 Å². The molecule has 1 aromatic rings. The Kier molecular flexibility index (Phi) is 7.86. The minimum Gasteiger partial charge on any atom is -0.379 e. The SMILES string of the molecule is CCCCOCCOOC(=O)c1ccc(CC)cc1. The van der Waals surface area contributed by atoms with E-state index in [2.05, 4.69) is 18.7 Å². The first-order chi connectivity index (χ1) is 9.27. The molecule has 0 aromatic heterocycles. The minimum atomic E-state index is -0.476. The number of hydrogen-bond acceptors (Lipinski definition) is 4. The average molecular weight is 266 g/mol. The second-order valence-corrected chi connectivity index (χ2v) is 4.21. The number of carbonyl (C=O) groups is 1. The number of unbranched alkanes of at least 4 members (excludes halogenated alkanes) is 1. The Labute approximate surface area is 114 Å². The Morgan fingerprint density at radius 3 is 2.42 bits per heavy atom. The van der Waals surface area contributed by atoms with E-state index in [4.69, 9.17) is 9.62 Å². The van der Waals surface area contributed by atoms with Crippen molar-refractivity contribution in [3.63, 3.8) is 0 Å². The Morgan fingerprint density at radius 2 is 1.79 bits per heavy atom. The number of ether oxygens (including phenoxy) is 1. The average Bonchev–Trinajstić information content (AvgIpc) is 2.46. The van der Waals surface area contributed by atoms with E-state index >= 15 is 0 Å². The van der Waals surface area contributed by atoms with Crippen molar-refractivity contribution in [1.29, 1.82) is 0 Å². The van der Waals surface area contributed by atoms with Crippen LogP contribution in [-0.4, -0.2) is 25.8 Å². The zero-order valence-electron chi connectivity index (χ0n) is 11.7. The lowest BCUT2D eigenvalue weighted by Gasteiger charge is -2.05. The predicted molar refractivity (Wildman–Crippen MR) is 72.9 cm³/mol. The van der Waals surface area contributed by atoms with Gasteiger partial charge in [0.25, 0.3) is 0 Å². The molecule has 0 aliphatic heterocycles. The first-order valence-corrected chi connectivity index (χ1v) is 6.78. The first-order valence-electron chi connectivity index (χ1n) is 6.78. The summed E-state index contributed by atoms with van der Waals surface area (Å²) in [5, 5.41) is 0. The molecule has 4 nitrogen and oxygen atoms in total. The van der Waals surface area contributed by atoms with E-state index in [1.807, 2.05) is 12.1 Å². The molecule has 1 aromatic carbocycles. The van der Waals surface area contributed by atoms with Gasteiger partial charge in [-0.3, -0.25) is 4.89 Å². The van der Waals surface area contributed by atoms with Crippen LogP contribution in [0.25, 0.3) is 0 Å². The lowest BCUT2D eigenvalue weighted by atomic mass is 10.1. The molecule has 1 rings (SSSR count). The van der Waals surface area contributed by atoms with Crippen LogP contribution in [0.5, 0.6) is 0 Å². The molecule has 0 aliphatic carbocycles. The van der Waals surface area contributed by atoms with Crippen molar-refractivity contribution < 1.29 is 19.3 Å². The van der Waals surface area contributed by atoms with Gasteiger partial charge in [0.1, 0.15) is 6.61 Å². The summed E-state index contributed by atoms with van der Waals surface area (Å²) in [5.41, 5.74) is 1.67. The maximum atomic E-state index is 11.6. The molecule has 0 unspecified atom stereocenters. The van der Waals surface area contributed by atoms with Gasteiger partial charge in [-0.25, -0.2) is 4.79 Å². The molecule has 0 amide bonds. The largest absolute Gasteiger partial charge is 0.379 e. The molecular formula is C15H22O4. The lowest BCUT2D eigenvalue weighted by Crippen LogP contribution is -2.10. The summed E-state index contributed by atoms with van der Waals surface area (Å²) in [4.78, 5) is 21.1. The fraction of sp³-hybridized carbons (Fsp3) is 0.533. The van der Waals surface area contributed by atoms with Crippen LogP contribution in [0.1, 0.15) is 42.6 Å². The molecule has 4 heteroatoms. The van der Waals surface area contributed by atoms with Crippen molar-refractivity contribution >= 4 is 5.97 Å². The van der Waals surface area contributed by atoms with Crippen molar-refractivity contribution in [2.45, 2.75) is 33.1 Å². The molecular weight excluding hydrogens is 244 g/mol. The van der Waals surface area contributed by atoms with Crippen LogP contribution in [0.3, 0.4) is 0 Å². The van der Waals surface area contributed by atoms with Gasteiger partial charge in [-0.05, 0) is 30.5 Å². The zero-order chi connectivity index (χ0) is 13.9. The van der Waals surface area contributed by atoms with E-state index < -0.39 is 5.97 Å². The lowest BCUT2D eigenvalue weighted by molar-refractivity contribution is -0.247. The van der Waals surface area contributed by atoms with Gasteiger partial charge in [-0.2, -0.15) is 4.89 Å². The van der Waals surface area contributed by atoms with Crippen molar-refractivity contribution in [2.75, 3.05) is 19.8 Å². The highest BCUT2D eigenvalue weighted by Gasteiger charge is 2.07.